The number of ether oxygens (including phenoxy) is 2. The van der Waals surface area contributed by atoms with E-state index in [4.69, 9.17) is 9.47 Å². The molecule has 0 aliphatic carbocycles. The van der Waals surface area contributed by atoms with Crippen LogP contribution in [0, 0.1) is 0 Å². The van der Waals surface area contributed by atoms with E-state index in [-0.39, 0.29) is 5.91 Å². The number of carbonyl (C=O) groups excluding carboxylic acids is 1. The van der Waals surface area contributed by atoms with E-state index in [2.05, 4.69) is 21.1 Å². The molecule has 0 saturated carbocycles. The Morgan fingerprint density at radius 2 is 1.31 bits per heavy atom. The van der Waals surface area contributed by atoms with Crippen molar-refractivity contribution >= 4 is 24.0 Å². The summed E-state index contributed by atoms with van der Waals surface area (Å²) in [5.74, 6) is 1.18. The van der Waals surface area contributed by atoms with Crippen LogP contribution in [-0.2, 0) is 0 Å². The van der Waals surface area contributed by atoms with Gasteiger partial charge in [0.2, 0.25) is 0 Å². The minimum Gasteiger partial charge on any atom is -0.493 e. The zero-order chi connectivity index (χ0) is 22.6. The molecule has 0 saturated heterocycles. The molecule has 7 nitrogen and oxygen atoms in total. The Hall–Kier alpha value is -4.13. The van der Waals surface area contributed by atoms with Gasteiger partial charge in [0.05, 0.1) is 31.3 Å². The summed E-state index contributed by atoms with van der Waals surface area (Å²) in [5.41, 5.74) is 8.38. The van der Waals surface area contributed by atoms with Crippen LogP contribution in [0.3, 0.4) is 0 Å². The Labute approximate surface area is 187 Å². The zero-order valence-corrected chi connectivity index (χ0v) is 18.1. The van der Waals surface area contributed by atoms with Crippen molar-refractivity contribution in [1.29, 1.82) is 0 Å². The Morgan fingerprint density at radius 1 is 0.781 bits per heavy atom. The lowest BCUT2D eigenvalue weighted by Crippen LogP contribution is -2.17. The summed E-state index contributed by atoms with van der Waals surface area (Å²) in [5, 5.41) is 8.28. The van der Waals surface area contributed by atoms with E-state index in [1.807, 2.05) is 62.4 Å². The largest absolute Gasteiger partial charge is 0.493 e. The number of hydrazone groups is 2. The number of anilines is 1. The highest BCUT2D eigenvalue weighted by atomic mass is 16.5. The summed E-state index contributed by atoms with van der Waals surface area (Å²) in [6.07, 6.45) is 3.26. The minimum atomic E-state index is -0.309. The number of nitrogens with zero attached hydrogens (tertiary/aromatic N) is 2. The second kappa shape index (κ2) is 11.9. The number of benzene rings is 3. The third-order valence-electron chi connectivity index (χ3n) is 4.35. The van der Waals surface area contributed by atoms with E-state index in [9.17, 15) is 4.79 Å². The maximum absolute atomic E-state index is 12.3. The molecular formula is C25H26N4O3. The van der Waals surface area contributed by atoms with Gasteiger partial charge in [0, 0.05) is 16.7 Å². The molecular weight excluding hydrogens is 404 g/mol. The van der Waals surface area contributed by atoms with Gasteiger partial charge in [-0.05, 0) is 62.4 Å². The van der Waals surface area contributed by atoms with E-state index in [0.717, 1.165) is 22.6 Å². The lowest BCUT2D eigenvalue weighted by molar-refractivity contribution is 0.0955. The first kappa shape index (κ1) is 22.6. The highest BCUT2D eigenvalue weighted by molar-refractivity contribution is 5.95. The van der Waals surface area contributed by atoms with Crippen molar-refractivity contribution in [2.24, 2.45) is 10.2 Å². The first-order chi connectivity index (χ1) is 15.7. The van der Waals surface area contributed by atoms with Crippen molar-refractivity contribution in [1.82, 2.24) is 5.43 Å². The van der Waals surface area contributed by atoms with Gasteiger partial charge < -0.3 is 9.47 Å². The molecule has 0 aromatic heterocycles. The van der Waals surface area contributed by atoms with Crippen molar-refractivity contribution in [3.8, 4) is 11.5 Å². The van der Waals surface area contributed by atoms with Gasteiger partial charge >= 0.3 is 0 Å². The average molecular weight is 431 g/mol. The fourth-order valence-electron chi connectivity index (χ4n) is 2.85. The van der Waals surface area contributed by atoms with Crippen LogP contribution in [0.5, 0.6) is 11.5 Å². The molecule has 0 aliphatic rings. The third-order valence-corrected chi connectivity index (χ3v) is 4.35. The molecule has 0 aliphatic heterocycles. The highest BCUT2D eigenvalue weighted by Gasteiger charge is 2.05. The van der Waals surface area contributed by atoms with Crippen LogP contribution >= 0.6 is 0 Å². The van der Waals surface area contributed by atoms with E-state index in [1.165, 1.54) is 0 Å². The van der Waals surface area contributed by atoms with Gasteiger partial charge in [-0.25, -0.2) is 5.43 Å². The summed E-state index contributed by atoms with van der Waals surface area (Å²) in [6, 6.07) is 22.1. The summed E-state index contributed by atoms with van der Waals surface area (Å²) in [4.78, 5) is 12.3. The standard InChI is InChI=1S/C25H26N4O3/c1-3-31-23-11-7-5-9-20(23)17-26-28-22-15-13-19(14-16-22)25(30)29-27-18-21-10-6-8-12-24(21)32-4-2/h5-18,28H,3-4H2,1-2H3,(H,29,30)/b26-17+,27-18+. The maximum Gasteiger partial charge on any atom is 0.271 e. The van der Waals surface area contributed by atoms with Gasteiger partial charge in [0.1, 0.15) is 11.5 Å². The molecule has 0 heterocycles. The maximum atomic E-state index is 12.3. The molecule has 0 fully saturated rings. The molecule has 0 spiro atoms. The van der Waals surface area contributed by atoms with Crippen molar-refractivity contribution in [3.63, 3.8) is 0 Å². The summed E-state index contributed by atoms with van der Waals surface area (Å²) in [7, 11) is 0. The third kappa shape index (κ3) is 6.43. The average Bonchev–Trinajstić information content (AvgIpc) is 2.82. The molecule has 3 rings (SSSR count). The lowest BCUT2D eigenvalue weighted by atomic mass is 10.2. The summed E-state index contributed by atoms with van der Waals surface area (Å²) in [6.45, 7) is 5.00. The van der Waals surface area contributed by atoms with E-state index >= 15 is 0 Å². The van der Waals surface area contributed by atoms with Crippen molar-refractivity contribution in [2.45, 2.75) is 13.8 Å². The first-order valence-corrected chi connectivity index (χ1v) is 10.4. The molecule has 32 heavy (non-hydrogen) atoms. The molecule has 3 aromatic rings. The molecule has 3 aromatic carbocycles. The van der Waals surface area contributed by atoms with E-state index in [1.54, 1.807) is 36.7 Å². The van der Waals surface area contributed by atoms with Crippen molar-refractivity contribution in [2.75, 3.05) is 18.6 Å². The van der Waals surface area contributed by atoms with Gasteiger partial charge in [-0.2, -0.15) is 10.2 Å². The summed E-state index contributed by atoms with van der Waals surface area (Å²) >= 11 is 0. The van der Waals surface area contributed by atoms with Crippen LogP contribution in [0.4, 0.5) is 5.69 Å². The number of hydrogen-bond acceptors (Lipinski definition) is 6. The lowest BCUT2D eigenvalue weighted by Gasteiger charge is -2.06. The minimum absolute atomic E-state index is 0.309. The number of carbonyl (C=O) groups is 1. The number of para-hydroxylation sites is 2. The Morgan fingerprint density at radius 3 is 1.88 bits per heavy atom. The van der Waals surface area contributed by atoms with Gasteiger partial charge in [0.25, 0.3) is 5.91 Å². The fourth-order valence-corrected chi connectivity index (χ4v) is 2.85. The SMILES string of the molecule is CCOc1ccccc1/C=N/NC(=O)c1ccc(N/N=C/c2ccccc2OCC)cc1. The number of amides is 1. The number of hydrogen-bond donors (Lipinski definition) is 2. The van der Waals surface area contributed by atoms with E-state index in [0.29, 0.717) is 24.5 Å². The molecule has 7 heteroatoms. The zero-order valence-electron chi connectivity index (χ0n) is 18.1. The van der Waals surface area contributed by atoms with Gasteiger partial charge in [-0.3, -0.25) is 10.2 Å². The second-order valence-electron chi connectivity index (χ2n) is 6.59. The first-order valence-electron chi connectivity index (χ1n) is 10.4. The van der Waals surface area contributed by atoms with Crippen molar-refractivity contribution < 1.29 is 14.3 Å². The van der Waals surface area contributed by atoms with Gasteiger partial charge in [0.15, 0.2) is 0 Å². The van der Waals surface area contributed by atoms with E-state index < -0.39 is 0 Å². The number of nitrogens with one attached hydrogen (secondary N) is 2. The van der Waals surface area contributed by atoms with Crippen LogP contribution < -0.4 is 20.3 Å². The van der Waals surface area contributed by atoms with Crippen LogP contribution in [-0.4, -0.2) is 31.6 Å². The van der Waals surface area contributed by atoms with Crippen LogP contribution in [0.25, 0.3) is 0 Å². The molecule has 0 bridgehead atoms. The summed E-state index contributed by atoms with van der Waals surface area (Å²) < 4.78 is 11.1. The Balaban J connectivity index is 1.56. The van der Waals surface area contributed by atoms with Gasteiger partial charge in [-0.15, -0.1) is 0 Å². The predicted molar refractivity (Wildman–Crippen MR) is 128 cm³/mol. The predicted octanol–water partition coefficient (Wildman–Crippen LogP) is 4.69. The van der Waals surface area contributed by atoms with Gasteiger partial charge in [-0.1, -0.05) is 24.3 Å². The normalized spacial score (nSPS) is 10.9. The Bertz CT molecular complexity index is 1080. The van der Waals surface area contributed by atoms with Crippen LogP contribution in [0.2, 0.25) is 0 Å². The fraction of sp³-hybridized carbons (Fsp3) is 0.160. The highest BCUT2D eigenvalue weighted by Crippen LogP contribution is 2.17. The molecule has 164 valence electrons. The Kier molecular flexibility index (Phi) is 8.39. The monoisotopic (exact) mass is 430 g/mol. The number of rotatable bonds is 10. The molecule has 2 N–H and O–H groups in total. The topological polar surface area (TPSA) is 84.3 Å². The second-order valence-corrected chi connectivity index (χ2v) is 6.59. The van der Waals surface area contributed by atoms with Crippen molar-refractivity contribution in [3.05, 3.63) is 89.5 Å². The van der Waals surface area contributed by atoms with Crippen LogP contribution in [0.15, 0.2) is 83.0 Å². The molecule has 0 atom stereocenters. The smallest absolute Gasteiger partial charge is 0.271 e. The molecule has 0 unspecified atom stereocenters. The quantitative estimate of drug-likeness (QED) is 0.361. The van der Waals surface area contributed by atoms with Crippen LogP contribution in [0.1, 0.15) is 35.3 Å². The molecule has 0 radical (unpaired) electrons. The molecule has 1 amide bonds.